The van der Waals surface area contributed by atoms with Gasteiger partial charge in [-0.2, -0.15) is 0 Å². The van der Waals surface area contributed by atoms with Crippen molar-refractivity contribution >= 4 is 21.2 Å². The second kappa shape index (κ2) is 6.40. The predicted octanol–water partition coefficient (Wildman–Crippen LogP) is 2.09. The highest BCUT2D eigenvalue weighted by Gasteiger charge is 2.13. The van der Waals surface area contributed by atoms with Gasteiger partial charge in [-0.1, -0.05) is 18.2 Å². The number of para-hydroxylation sites is 1. The third kappa shape index (κ3) is 3.97. The van der Waals surface area contributed by atoms with Gasteiger partial charge in [0.25, 0.3) is 0 Å². The Morgan fingerprint density at radius 3 is 2.30 bits per heavy atom. The van der Waals surface area contributed by atoms with E-state index in [1.54, 1.807) is 12.1 Å². The molecule has 0 amide bonds. The summed E-state index contributed by atoms with van der Waals surface area (Å²) in [6, 6.07) is 15.4. The van der Waals surface area contributed by atoms with E-state index in [1.165, 1.54) is 12.1 Å². The minimum atomic E-state index is -3.35. The van der Waals surface area contributed by atoms with Crippen LogP contribution < -0.4 is 11.2 Å². The molecular weight excluding hydrogens is 276 g/mol. The minimum absolute atomic E-state index is 0.0571. The lowest BCUT2D eigenvalue weighted by molar-refractivity contribution is 0.212. The van der Waals surface area contributed by atoms with Gasteiger partial charge in [0.2, 0.25) is 0 Å². The van der Waals surface area contributed by atoms with Crippen molar-refractivity contribution in [2.75, 3.05) is 23.6 Å². The summed E-state index contributed by atoms with van der Waals surface area (Å²) in [5, 5.41) is 0. The van der Waals surface area contributed by atoms with Gasteiger partial charge in [-0.15, -0.1) is 0 Å². The fourth-order valence-electron chi connectivity index (χ4n) is 1.58. The molecule has 2 rings (SSSR count). The Morgan fingerprint density at radius 2 is 1.65 bits per heavy atom. The maximum atomic E-state index is 12.0. The maximum absolute atomic E-state index is 12.0. The number of sulfone groups is 1. The van der Waals surface area contributed by atoms with Gasteiger partial charge < -0.3 is 5.73 Å². The normalized spacial score (nSPS) is 11.2. The molecule has 0 aliphatic rings. The first-order chi connectivity index (χ1) is 9.58. The number of benzene rings is 2. The Bertz CT molecular complexity index is 640. The van der Waals surface area contributed by atoms with Gasteiger partial charge >= 0.3 is 0 Å². The smallest absolute Gasteiger partial charge is 0.180 e. The number of rotatable bonds is 6. The number of hydrogen-bond donors (Lipinski definition) is 2. The van der Waals surface area contributed by atoms with Crippen LogP contribution in [0.25, 0.3) is 0 Å². The lowest BCUT2D eigenvalue weighted by Gasteiger charge is -2.07. The Kier molecular flexibility index (Phi) is 4.60. The summed E-state index contributed by atoms with van der Waals surface area (Å²) in [6.07, 6.45) is 0. The number of hydrogen-bond acceptors (Lipinski definition) is 5. The van der Waals surface area contributed by atoms with E-state index < -0.39 is 9.84 Å². The molecule has 2 aromatic carbocycles. The molecule has 0 radical (unpaired) electrons. The largest absolute Gasteiger partial charge is 0.399 e. The molecule has 0 saturated heterocycles. The van der Waals surface area contributed by atoms with Crippen LogP contribution >= 0.6 is 0 Å². The Morgan fingerprint density at radius 1 is 1.00 bits per heavy atom. The molecule has 2 aromatic rings. The van der Waals surface area contributed by atoms with Crippen LogP contribution in [0.15, 0.2) is 59.5 Å². The third-order valence-electron chi connectivity index (χ3n) is 2.66. The van der Waals surface area contributed by atoms with Gasteiger partial charge in [-0.25, -0.2) is 8.42 Å². The van der Waals surface area contributed by atoms with E-state index in [0.717, 1.165) is 5.69 Å². The van der Waals surface area contributed by atoms with Crippen molar-refractivity contribution in [3.05, 3.63) is 54.6 Å². The maximum Gasteiger partial charge on any atom is 0.180 e. The average molecular weight is 292 g/mol. The zero-order valence-corrected chi connectivity index (χ0v) is 11.6. The Hall–Kier alpha value is -2.05. The molecule has 0 fully saturated rings. The van der Waals surface area contributed by atoms with Gasteiger partial charge in [-0.3, -0.25) is 10.3 Å². The van der Waals surface area contributed by atoms with Crippen molar-refractivity contribution < 1.29 is 13.3 Å². The van der Waals surface area contributed by atoms with Gasteiger partial charge in [0, 0.05) is 5.69 Å². The number of nitrogens with one attached hydrogen (secondary N) is 1. The van der Waals surface area contributed by atoms with Crippen molar-refractivity contribution in [2.24, 2.45) is 0 Å². The van der Waals surface area contributed by atoms with E-state index in [-0.39, 0.29) is 17.3 Å². The van der Waals surface area contributed by atoms with Crippen LogP contribution in [0, 0.1) is 0 Å². The van der Waals surface area contributed by atoms with Gasteiger partial charge in [0.15, 0.2) is 9.84 Å². The first kappa shape index (κ1) is 14.4. The summed E-state index contributed by atoms with van der Waals surface area (Å²) in [7, 11) is -3.35. The van der Waals surface area contributed by atoms with Crippen LogP contribution in [-0.4, -0.2) is 20.8 Å². The van der Waals surface area contributed by atoms with E-state index in [0.29, 0.717) is 5.69 Å². The average Bonchev–Trinajstić information content (AvgIpc) is 2.45. The van der Waals surface area contributed by atoms with Crippen molar-refractivity contribution in [2.45, 2.75) is 4.90 Å². The highest BCUT2D eigenvalue weighted by atomic mass is 32.2. The summed E-state index contributed by atoms with van der Waals surface area (Å²) >= 11 is 0. The highest BCUT2D eigenvalue weighted by Crippen LogP contribution is 2.13. The third-order valence-corrected chi connectivity index (χ3v) is 4.35. The van der Waals surface area contributed by atoms with Crippen LogP contribution in [0.4, 0.5) is 11.4 Å². The first-order valence-corrected chi connectivity index (χ1v) is 7.74. The van der Waals surface area contributed by atoms with Crippen molar-refractivity contribution in [1.82, 2.24) is 0 Å². The summed E-state index contributed by atoms with van der Waals surface area (Å²) in [4.78, 5) is 5.39. The molecule has 0 bridgehead atoms. The fraction of sp³-hybridized carbons (Fsp3) is 0.143. The molecule has 0 heterocycles. The summed E-state index contributed by atoms with van der Waals surface area (Å²) in [5.41, 5.74) is 9.53. The molecule has 0 unspecified atom stereocenters. The standard InChI is InChI=1S/C14H16N2O3S/c15-12-6-8-14(9-7-12)20(17,18)11-10-19-16-13-4-2-1-3-5-13/h1-9,16H,10-11,15H2. The fourth-order valence-corrected chi connectivity index (χ4v) is 2.67. The molecule has 3 N–H and O–H groups in total. The lowest BCUT2D eigenvalue weighted by Crippen LogP contribution is -2.15. The predicted molar refractivity (Wildman–Crippen MR) is 78.9 cm³/mol. The molecule has 6 heteroatoms. The molecule has 5 nitrogen and oxygen atoms in total. The van der Waals surface area contributed by atoms with Gasteiger partial charge in [-0.05, 0) is 36.4 Å². The van der Waals surface area contributed by atoms with Crippen LogP contribution in [-0.2, 0) is 14.7 Å². The summed E-state index contributed by atoms with van der Waals surface area (Å²) in [6.45, 7) is 0.0571. The second-order valence-corrected chi connectivity index (χ2v) is 6.31. The Labute approximate surface area is 118 Å². The van der Waals surface area contributed by atoms with E-state index >= 15 is 0 Å². The van der Waals surface area contributed by atoms with E-state index in [4.69, 9.17) is 10.6 Å². The van der Waals surface area contributed by atoms with Crippen LogP contribution in [0.2, 0.25) is 0 Å². The van der Waals surface area contributed by atoms with Crippen LogP contribution in [0.3, 0.4) is 0 Å². The first-order valence-electron chi connectivity index (χ1n) is 6.09. The summed E-state index contributed by atoms with van der Waals surface area (Å²) in [5.74, 6) is -0.100. The molecule has 0 atom stereocenters. The lowest BCUT2D eigenvalue weighted by atomic mass is 10.3. The van der Waals surface area contributed by atoms with E-state index in [2.05, 4.69) is 5.48 Å². The molecule has 0 spiro atoms. The van der Waals surface area contributed by atoms with Crippen molar-refractivity contribution in [1.29, 1.82) is 0 Å². The van der Waals surface area contributed by atoms with Crippen molar-refractivity contribution in [3.8, 4) is 0 Å². The topological polar surface area (TPSA) is 81.4 Å². The zero-order valence-electron chi connectivity index (χ0n) is 10.8. The molecule has 0 saturated carbocycles. The summed E-state index contributed by atoms with van der Waals surface area (Å²) < 4.78 is 24.0. The quantitative estimate of drug-likeness (QED) is 0.484. The molecule has 0 aliphatic carbocycles. The number of nitrogens with two attached hydrogens (primary N) is 1. The van der Waals surface area contributed by atoms with Crippen LogP contribution in [0.1, 0.15) is 0 Å². The molecule has 0 aromatic heterocycles. The van der Waals surface area contributed by atoms with Gasteiger partial charge in [0.05, 0.1) is 22.9 Å². The van der Waals surface area contributed by atoms with E-state index in [9.17, 15) is 8.42 Å². The monoisotopic (exact) mass is 292 g/mol. The second-order valence-electron chi connectivity index (χ2n) is 4.20. The SMILES string of the molecule is Nc1ccc(S(=O)(=O)CCONc2ccccc2)cc1. The van der Waals surface area contributed by atoms with Gasteiger partial charge in [0.1, 0.15) is 0 Å². The zero-order chi connectivity index (χ0) is 14.4. The van der Waals surface area contributed by atoms with Crippen LogP contribution in [0.5, 0.6) is 0 Å². The van der Waals surface area contributed by atoms with Crippen molar-refractivity contribution in [3.63, 3.8) is 0 Å². The molecular formula is C14H16N2O3S. The number of nitrogen functional groups attached to an aromatic ring is 1. The number of anilines is 2. The minimum Gasteiger partial charge on any atom is -0.399 e. The highest BCUT2D eigenvalue weighted by molar-refractivity contribution is 7.91. The Balaban J connectivity index is 1.85. The van der Waals surface area contributed by atoms with E-state index in [1.807, 2.05) is 30.3 Å². The molecule has 20 heavy (non-hydrogen) atoms. The molecule has 0 aliphatic heterocycles. The molecule has 106 valence electrons.